The Morgan fingerprint density at radius 2 is 0.696 bits per heavy atom. The summed E-state index contributed by atoms with van der Waals surface area (Å²) in [5, 5.41) is 84.8. The molecule has 0 unspecified atom stereocenters. The Labute approximate surface area is 637 Å². The van der Waals surface area contributed by atoms with Crippen LogP contribution < -0.4 is 155 Å². The van der Waals surface area contributed by atoms with E-state index >= 15 is 4.79 Å². The molecule has 0 bridgehead atoms. The molecule has 4 N–H and O–H groups in total. The van der Waals surface area contributed by atoms with Crippen molar-refractivity contribution >= 4 is 23.6 Å². The van der Waals surface area contributed by atoms with E-state index in [4.69, 9.17) is 56.8 Å². The Hall–Kier alpha value is -3.08. The average Bonchev–Trinajstić information content (AvgIpc) is 0.976. The minimum atomic E-state index is -1.22. The van der Waals surface area contributed by atoms with Crippen LogP contribution in [-0.4, -0.2) is 184 Å². The molecule has 26 nitrogen and oxygen atoms in total. The second kappa shape index (κ2) is 54.0. The fourth-order valence-corrected chi connectivity index (χ4v) is 8.77. The standard InChI is InChI=1S/C62H90N4O22.Gd.3Na/c1-77-24-27-80-30-33-83-36-39-86-52-42-45(43-53(87-40-37-84-34-31-81-28-25-78-2)57(52)88-41-38-85-35-32-82-29-26-79-3)44-66-61(76)62(20-11-23-65-60(75)48-14-10-17-51(69)56(48)72,18-4-6-21-63-58(73)46-12-8-15-49(67)54(46)70)19-5-7-22-64-59(74)47-13-9-16-50(68)55(47)71;;;;/h8-10,12-17,42-43,67-72H,4-7,11,18-41,44H2,1-3H3,(H,63,73)(H,64,74)(H,65,75)(H,66,76);;;;/q;+3;3*+1/p-6. The van der Waals surface area contributed by atoms with Gasteiger partial charge in [-0.05, 0) is 56.2 Å². The molecule has 30 heteroatoms. The SMILES string of the molecule is COCCOCCOCCOc1cc(CNC(=O)C(CCCCNC(=O)c2cccc([O-])c2[O-])(CCCCNC(=O)c2cccc([O-])c2[O-])CCCNC(=O)c2cccc([O-])c2[O-])cc(OCCOCCOCCOC)c1OCCOCCOCCOC.[Gd+3].[Na+].[Na+].[Na+]. The number of ether oxygens (including phenoxy) is 12. The fraction of sp³-hybridized carbons (Fsp3) is 0.548. The van der Waals surface area contributed by atoms with E-state index in [0.29, 0.717) is 97.3 Å². The molecule has 0 atom stereocenters. The van der Waals surface area contributed by atoms with Gasteiger partial charge >= 0.3 is 129 Å². The molecule has 0 saturated heterocycles. The predicted molar refractivity (Wildman–Crippen MR) is 308 cm³/mol. The van der Waals surface area contributed by atoms with Gasteiger partial charge in [0.15, 0.2) is 11.5 Å². The minimum Gasteiger partial charge on any atom is -0.873 e. The summed E-state index contributed by atoms with van der Waals surface area (Å²) in [6, 6.07) is 14.3. The summed E-state index contributed by atoms with van der Waals surface area (Å²) in [6.45, 7) is 5.14. The van der Waals surface area contributed by atoms with E-state index in [-0.39, 0.29) is 267 Å². The first-order valence-electron chi connectivity index (χ1n) is 29.3. The largest absolute Gasteiger partial charge is 3.00 e. The number of carbonyl (C=O) groups is 4. The summed E-state index contributed by atoms with van der Waals surface area (Å²) < 4.78 is 67.9. The van der Waals surface area contributed by atoms with Crippen LogP contribution in [0.1, 0.15) is 88.0 Å². The third kappa shape index (κ3) is 34.2. The number of benzene rings is 4. The number of amides is 4. The Kier molecular flexibility index (Phi) is 52.2. The molecule has 4 aromatic carbocycles. The summed E-state index contributed by atoms with van der Waals surface area (Å²) in [5.41, 5.74) is -1.64. The van der Waals surface area contributed by atoms with Gasteiger partial charge in [-0.2, -0.15) is 0 Å². The molecular weight excluding hydrogens is 1380 g/mol. The van der Waals surface area contributed by atoms with Crippen LogP contribution in [0.5, 0.6) is 51.7 Å². The van der Waals surface area contributed by atoms with Gasteiger partial charge in [0.2, 0.25) is 11.7 Å². The van der Waals surface area contributed by atoms with Crippen molar-refractivity contribution in [2.45, 2.75) is 57.9 Å². The van der Waals surface area contributed by atoms with Gasteiger partial charge in [0.05, 0.1) is 99.1 Å². The molecule has 0 aliphatic rings. The number of methoxy groups -OCH3 is 3. The monoisotopic (exact) mass is 1460 g/mol. The zero-order chi connectivity index (χ0) is 63.6. The topological polar surface area (TPSA) is 366 Å². The van der Waals surface area contributed by atoms with Crippen molar-refractivity contribution in [2.24, 2.45) is 5.41 Å². The van der Waals surface area contributed by atoms with E-state index in [0.717, 1.165) is 18.2 Å². The molecule has 1 radical (unpaired) electrons. The number of rotatable bonds is 50. The van der Waals surface area contributed by atoms with Crippen molar-refractivity contribution in [3.05, 3.63) is 89.0 Å². The van der Waals surface area contributed by atoms with Crippen molar-refractivity contribution in [1.82, 2.24) is 21.3 Å². The van der Waals surface area contributed by atoms with E-state index < -0.39 is 63.5 Å². The average molecular weight is 1460 g/mol. The molecule has 4 aromatic rings. The van der Waals surface area contributed by atoms with Gasteiger partial charge in [-0.3, -0.25) is 19.2 Å². The Bertz CT molecular complexity index is 2570. The normalized spacial score (nSPS) is 10.8. The Morgan fingerprint density at radius 3 is 1.04 bits per heavy atom. The second-order valence-electron chi connectivity index (χ2n) is 19.8. The predicted octanol–water partition coefficient (Wildman–Crippen LogP) is -7.67. The first-order chi connectivity index (χ1) is 42.8. The maximum atomic E-state index is 15.2. The zero-order valence-electron chi connectivity index (χ0n) is 53.9. The fourth-order valence-electron chi connectivity index (χ4n) is 8.77. The van der Waals surface area contributed by atoms with Crippen LogP contribution in [0.2, 0.25) is 0 Å². The van der Waals surface area contributed by atoms with Crippen LogP contribution in [0.3, 0.4) is 0 Å². The summed E-state index contributed by atoms with van der Waals surface area (Å²) in [6.07, 6.45) is 2.09. The van der Waals surface area contributed by atoms with E-state index in [1.54, 1.807) is 33.5 Å². The molecule has 0 spiro atoms. The van der Waals surface area contributed by atoms with Crippen molar-refractivity contribution < 1.29 is 235 Å². The molecule has 0 saturated carbocycles. The van der Waals surface area contributed by atoms with Gasteiger partial charge in [-0.25, -0.2) is 0 Å². The molecule has 92 heavy (non-hydrogen) atoms. The third-order valence-corrected chi connectivity index (χ3v) is 13.4. The number of nitrogens with one attached hydrogen (secondary N) is 4. The first kappa shape index (κ1) is 88.9. The Morgan fingerprint density at radius 1 is 0.391 bits per heavy atom. The maximum Gasteiger partial charge on any atom is 3.00 e. The zero-order valence-corrected chi connectivity index (χ0v) is 62.2. The van der Waals surface area contributed by atoms with Crippen LogP contribution >= 0.6 is 0 Å². The number of unbranched alkanes of at least 4 members (excludes halogenated alkanes) is 2. The number of hydrogen-bond acceptors (Lipinski definition) is 22. The molecular formula is C62H84GdN4Na3O22. The van der Waals surface area contributed by atoms with Crippen molar-refractivity contribution in [3.63, 3.8) is 0 Å². The maximum absolute atomic E-state index is 15.2. The summed E-state index contributed by atoms with van der Waals surface area (Å²) in [5.74, 6) is -7.22. The van der Waals surface area contributed by atoms with E-state index in [1.165, 1.54) is 36.4 Å². The summed E-state index contributed by atoms with van der Waals surface area (Å²) in [7, 11) is 4.74. The van der Waals surface area contributed by atoms with Crippen molar-refractivity contribution in [1.29, 1.82) is 0 Å². The smallest absolute Gasteiger partial charge is 0.873 e. The van der Waals surface area contributed by atoms with Gasteiger partial charge in [-0.15, -0.1) is 34.5 Å². The van der Waals surface area contributed by atoms with Crippen LogP contribution in [0.4, 0.5) is 0 Å². The van der Waals surface area contributed by atoms with Crippen LogP contribution in [0, 0.1) is 45.4 Å². The molecule has 0 fully saturated rings. The van der Waals surface area contributed by atoms with Gasteiger partial charge in [0.1, 0.15) is 19.8 Å². The van der Waals surface area contributed by atoms with E-state index in [9.17, 15) is 45.0 Å². The Balaban J connectivity index is 0.0000207. The van der Waals surface area contributed by atoms with Gasteiger partial charge in [-0.1, -0.05) is 67.4 Å². The van der Waals surface area contributed by atoms with Crippen LogP contribution in [-0.2, 0) is 54.0 Å². The second-order valence-corrected chi connectivity index (χ2v) is 19.8. The van der Waals surface area contributed by atoms with E-state index in [1.807, 2.05) is 0 Å². The molecule has 495 valence electrons. The van der Waals surface area contributed by atoms with Crippen molar-refractivity contribution in [3.8, 4) is 51.7 Å². The van der Waals surface area contributed by atoms with Crippen molar-refractivity contribution in [2.75, 3.05) is 160 Å². The van der Waals surface area contributed by atoms with Crippen LogP contribution in [0.25, 0.3) is 0 Å². The molecule has 4 rings (SSSR count). The number of para-hydroxylation sites is 3. The summed E-state index contributed by atoms with van der Waals surface area (Å²) in [4.78, 5) is 54.5. The molecule has 4 amide bonds. The first-order valence-corrected chi connectivity index (χ1v) is 29.3. The number of hydrogen-bond donors (Lipinski definition) is 4. The quantitative estimate of drug-likeness (QED) is 0.0236. The van der Waals surface area contributed by atoms with Gasteiger partial charge in [0.25, 0.3) is 17.7 Å². The van der Waals surface area contributed by atoms with E-state index in [2.05, 4.69) is 21.3 Å². The molecule has 0 heterocycles. The minimum absolute atomic E-state index is 0. The van der Waals surface area contributed by atoms with Gasteiger partial charge < -0.3 is 109 Å². The molecule has 0 aliphatic carbocycles. The van der Waals surface area contributed by atoms with Crippen LogP contribution in [0.15, 0.2) is 66.7 Å². The summed E-state index contributed by atoms with van der Waals surface area (Å²) >= 11 is 0. The molecule has 0 aliphatic heterocycles. The number of carbonyl (C=O) groups excluding carboxylic acids is 4. The van der Waals surface area contributed by atoms with Gasteiger partial charge in [0, 0.05) is 69.6 Å². The third-order valence-electron chi connectivity index (χ3n) is 13.4. The molecule has 0 aromatic heterocycles.